The van der Waals surface area contributed by atoms with Crippen molar-refractivity contribution in [3.05, 3.63) is 82.5 Å². The highest BCUT2D eigenvalue weighted by Gasteiger charge is 2.21. The summed E-state index contributed by atoms with van der Waals surface area (Å²) in [5.41, 5.74) is 1.48. The molecule has 166 valence electrons. The molecule has 6 heteroatoms. The molecular weight excluding hydrogens is 420 g/mol. The first kappa shape index (κ1) is 21.8. The van der Waals surface area contributed by atoms with Gasteiger partial charge < -0.3 is 23.4 Å². The zero-order valence-corrected chi connectivity index (χ0v) is 18.5. The van der Waals surface area contributed by atoms with Gasteiger partial charge in [-0.15, -0.1) is 0 Å². The van der Waals surface area contributed by atoms with E-state index in [0.29, 0.717) is 28.4 Å². The minimum absolute atomic E-state index is 0.00673. The molecule has 0 amide bonds. The van der Waals surface area contributed by atoms with Crippen LogP contribution in [0, 0.1) is 11.8 Å². The Morgan fingerprint density at radius 3 is 2.24 bits per heavy atom. The van der Waals surface area contributed by atoms with Gasteiger partial charge in [-0.05, 0) is 36.4 Å². The van der Waals surface area contributed by atoms with Crippen LogP contribution in [0.3, 0.4) is 0 Å². The molecule has 0 radical (unpaired) electrons. The van der Waals surface area contributed by atoms with Crippen molar-refractivity contribution in [1.29, 1.82) is 0 Å². The molecule has 0 N–H and O–H groups in total. The molecule has 33 heavy (non-hydrogen) atoms. The molecule has 6 nitrogen and oxygen atoms in total. The van der Waals surface area contributed by atoms with Crippen LogP contribution in [0.1, 0.15) is 5.56 Å². The molecule has 1 heterocycles. The van der Waals surface area contributed by atoms with Crippen LogP contribution in [-0.4, -0.2) is 27.9 Å². The van der Waals surface area contributed by atoms with E-state index in [-0.39, 0.29) is 28.9 Å². The molecule has 4 rings (SSSR count). The van der Waals surface area contributed by atoms with E-state index in [1.54, 1.807) is 43.5 Å². The minimum Gasteiger partial charge on any atom is -0.497 e. The molecule has 1 aromatic heterocycles. The van der Waals surface area contributed by atoms with E-state index in [2.05, 4.69) is 11.8 Å². The van der Waals surface area contributed by atoms with Crippen molar-refractivity contribution < 1.29 is 23.4 Å². The summed E-state index contributed by atoms with van der Waals surface area (Å²) in [6, 6.07) is 20.0. The first-order valence-corrected chi connectivity index (χ1v) is 10.2. The number of hydrogen-bond acceptors (Lipinski definition) is 6. The van der Waals surface area contributed by atoms with Crippen LogP contribution in [0.4, 0.5) is 0 Å². The van der Waals surface area contributed by atoms with Gasteiger partial charge >= 0.3 is 0 Å². The van der Waals surface area contributed by atoms with Gasteiger partial charge in [-0.25, -0.2) is 0 Å². The largest absolute Gasteiger partial charge is 0.497 e. The Kier molecular flexibility index (Phi) is 6.51. The third-order valence-electron chi connectivity index (χ3n) is 4.99. The summed E-state index contributed by atoms with van der Waals surface area (Å²) in [5, 5.41) is 0.265. The summed E-state index contributed by atoms with van der Waals surface area (Å²) in [7, 11) is 4.60. The highest BCUT2D eigenvalue weighted by molar-refractivity contribution is 5.88. The number of ether oxygens (including phenoxy) is 4. The lowest BCUT2D eigenvalue weighted by Gasteiger charge is -2.13. The van der Waals surface area contributed by atoms with Gasteiger partial charge in [-0.2, -0.15) is 0 Å². The molecule has 3 aromatic carbocycles. The Morgan fingerprint density at radius 1 is 0.848 bits per heavy atom. The zero-order valence-electron chi connectivity index (χ0n) is 18.5. The van der Waals surface area contributed by atoms with Crippen molar-refractivity contribution in [2.75, 3.05) is 27.9 Å². The number of fused-ring (bicyclic) bond motifs is 1. The maximum atomic E-state index is 13.5. The quantitative estimate of drug-likeness (QED) is 0.395. The van der Waals surface area contributed by atoms with E-state index in [9.17, 15) is 4.79 Å². The average Bonchev–Trinajstić information content (AvgIpc) is 2.87. The third-order valence-corrected chi connectivity index (χ3v) is 4.99. The fourth-order valence-electron chi connectivity index (χ4n) is 3.35. The lowest BCUT2D eigenvalue weighted by molar-refractivity contribution is 0.356. The zero-order chi connectivity index (χ0) is 23.2. The van der Waals surface area contributed by atoms with Crippen LogP contribution in [-0.2, 0) is 0 Å². The predicted octanol–water partition coefficient (Wildman–Crippen LogP) is 4.92. The Balaban J connectivity index is 1.83. The van der Waals surface area contributed by atoms with E-state index in [1.165, 1.54) is 14.2 Å². The number of rotatable bonds is 6. The van der Waals surface area contributed by atoms with Gasteiger partial charge in [0, 0.05) is 23.3 Å². The van der Waals surface area contributed by atoms with Gasteiger partial charge in [0.25, 0.3) is 0 Å². The summed E-state index contributed by atoms with van der Waals surface area (Å²) in [4.78, 5) is 13.5. The number of benzene rings is 3. The number of methoxy groups -OCH3 is 3. The van der Waals surface area contributed by atoms with Crippen molar-refractivity contribution in [3.8, 4) is 46.2 Å². The van der Waals surface area contributed by atoms with Gasteiger partial charge in [0.1, 0.15) is 34.8 Å². The molecule has 0 atom stereocenters. The first-order valence-electron chi connectivity index (χ1n) is 10.2. The SMILES string of the molecule is COc1ccc(-c2oc3cc(OC)cc(OC)c3c(=O)c2OCC#Cc2ccccc2)cc1. The summed E-state index contributed by atoms with van der Waals surface area (Å²) in [6.07, 6.45) is 0. The highest BCUT2D eigenvalue weighted by atomic mass is 16.5. The Hall–Kier alpha value is -4.37. The molecule has 0 spiro atoms. The van der Waals surface area contributed by atoms with Crippen molar-refractivity contribution in [2.24, 2.45) is 0 Å². The van der Waals surface area contributed by atoms with Crippen LogP contribution in [0.25, 0.3) is 22.3 Å². The lowest BCUT2D eigenvalue weighted by atomic mass is 10.1. The maximum absolute atomic E-state index is 13.5. The number of hydrogen-bond donors (Lipinski definition) is 0. The summed E-state index contributed by atoms with van der Waals surface area (Å²) >= 11 is 0. The van der Waals surface area contributed by atoms with Gasteiger partial charge in [0.2, 0.25) is 11.2 Å². The molecule has 4 aromatic rings. The fourth-order valence-corrected chi connectivity index (χ4v) is 3.35. The second kappa shape index (κ2) is 9.84. The van der Waals surface area contributed by atoms with Crippen molar-refractivity contribution in [1.82, 2.24) is 0 Å². The van der Waals surface area contributed by atoms with Gasteiger partial charge in [0.15, 0.2) is 5.76 Å². The fraction of sp³-hybridized carbons (Fsp3) is 0.148. The van der Waals surface area contributed by atoms with E-state index in [0.717, 1.165) is 5.56 Å². The summed E-state index contributed by atoms with van der Waals surface area (Å²) in [5.74, 6) is 7.82. The monoisotopic (exact) mass is 442 g/mol. The second-order valence-electron chi connectivity index (χ2n) is 6.98. The topological polar surface area (TPSA) is 67.1 Å². The van der Waals surface area contributed by atoms with Crippen LogP contribution in [0.15, 0.2) is 75.9 Å². The molecule has 0 fully saturated rings. The van der Waals surface area contributed by atoms with Crippen molar-refractivity contribution in [3.63, 3.8) is 0 Å². The summed E-state index contributed by atoms with van der Waals surface area (Å²) < 4.78 is 28.0. The predicted molar refractivity (Wildman–Crippen MR) is 126 cm³/mol. The molecule has 0 unspecified atom stereocenters. The highest BCUT2D eigenvalue weighted by Crippen LogP contribution is 2.36. The van der Waals surface area contributed by atoms with Crippen molar-refractivity contribution in [2.45, 2.75) is 0 Å². The molecule has 0 saturated carbocycles. The standard InChI is InChI=1S/C27H22O6/c1-29-20-13-11-19(12-14-20)26-27(32-15-7-10-18-8-5-4-6-9-18)25(28)24-22(31-3)16-21(30-2)17-23(24)33-26/h4-6,8-9,11-14,16-17H,15H2,1-3H3. The molecule has 0 aliphatic heterocycles. The summed E-state index contributed by atoms with van der Waals surface area (Å²) in [6.45, 7) is 0.00673. The van der Waals surface area contributed by atoms with Gasteiger partial charge in [-0.3, -0.25) is 4.79 Å². The van der Waals surface area contributed by atoms with Crippen LogP contribution in [0.2, 0.25) is 0 Å². The normalized spacial score (nSPS) is 10.3. The molecule has 0 aliphatic carbocycles. The maximum Gasteiger partial charge on any atom is 0.239 e. The van der Waals surface area contributed by atoms with Crippen LogP contribution >= 0.6 is 0 Å². The minimum atomic E-state index is -0.358. The smallest absolute Gasteiger partial charge is 0.239 e. The van der Waals surface area contributed by atoms with Gasteiger partial charge in [0.05, 0.1) is 21.3 Å². The molecule has 0 saturated heterocycles. The van der Waals surface area contributed by atoms with E-state index in [4.69, 9.17) is 23.4 Å². The van der Waals surface area contributed by atoms with Crippen molar-refractivity contribution >= 4 is 11.0 Å². The van der Waals surface area contributed by atoms with Crippen LogP contribution in [0.5, 0.6) is 23.0 Å². The second-order valence-corrected chi connectivity index (χ2v) is 6.98. The van der Waals surface area contributed by atoms with Crippen LogP contribution < -0.4 is 24.4 Å². The Labute approximate surface area is 191 Å². The lowest BCUT2D eigenvalue weighted by Crippen LogP contribution is -2.11. The van der Waals surface area contributed by atoms with E-state index >= 15 is 0 Å². The van der Waals surface area contributed by atoms with E-state index < -0.39 is 0 Å². The first-order chi connectivity index (χ1) is 16.1. The average molecular weight is 442 g/mol. The molecular formula is C27H22O6. The molecule has 0 aliphatic rings. The van der Waals surface area contributed by atoms with E-state index in [1.807, 2.05) is 30.3 Å². The third kappa shape index (κ3) is 4.63. The Bertz CT molecular complexity index is 1380. The van der Waals surface area contributed by atoms with Gasteiger partial charge in [-0.1, -0.05) is 30.0 Å². The Morgan fingerprint density at radius 2 is 1.58 bits per heavy atom. The molecule has 0 bridgehead atoms.